The van der Waals surface area contributed by atoms with E-state index < -0.39 is 24.3 Å². The lowest BCUT2D eigenvalue weighted by Gasteiger charge is -2.28. The molecule has 0 bridgehead atoms. The van der Waals surface area contributed by atoms with Gasteiger partial charge >= 0.3 is 12.0 Å². The third-order valence-corrected chi connectivity index (χ3v) is 8.14. The summed E-state index contributed by atoms with van der Waals surface area (Å²) in [6.45, 7) is 3.84. The van der Waals surface area contributed by atoms with Crippen LogP contribution in [0.3, 0.4) is 0 Å². The predicted molar refractivity (Wildman–Crippen MR) is 184 cm³/mol. The molecule has 1 aliphatic rings. The molecular formula is C35H34Cl2N4O7. The smallest absolute Gasteiger partial charge is 0.337 e. The van der Waals surface area contributed by atoms with Crippen molar-refractivity contribution in [2.45, 2.75) is 32.7 Å². The molecule has 4 aromatic rings. The number of carbonyl (C=O) groups excluding carboxylic acids is 2. The molecule has 250 valence electrons. The first-order valence-electron chi connectivity index (χ1n) is 15.0. The summed E-state index contributed by atoms with van der Waals surface area (Å²) in [7, 11) is 1.27. The number of aliphatic hydroxyl groups excluding tert-OH is 1. The fraction of sp³-hybridized carbons (Fsp3) is 0.229. The van der Waals surface area contributed by atoms with Gasteiger partial charge in [-0.3, -0.25) is 5.43 Å². The quantitative estimate of drug-likeness (QED) is 0.0559. The largest absolute Gasteiger partial charge is 0.490 e. The summed E-state index contributed by atoms with van der Waals surface area (Å²) in [4.78, 5) is 24.7. The van der Waals surface area contributed by atoms with E-state index in [1.807, 2.05) is 49.4 Å². The molecule has 0 spiro atoms. The van der Waals surface area contributed by atoms with Gasteiger partial charge in [0.05, 0.1) is 41.6 Å². The molecule has 4 N–H and O–H groups in total. The van der Waals surface area contributed by atoms with Crippen molar-refractivity contribution in [3.8, 4) is 17.2 Å². The van der Waals surface area contributed by atoms with Crippen LogP contribution >= 0.6 is 23.2 Å². The third-order valence-electron chi connectivity index (χ3n) is 7.40. The number of aliphatic hydroxyl groups is 1. The van der Waals surface area contributed by atoms with E-state index in [1.165, 1.54) is 7.11 Å². The van der Waals surface area contributed by atoms with Crippen LogP contribution in [0.1, 0.15) is 36.6 Å². The molecule has 11 nitrogen and oxygen atoms in total. The highest BCUT2D eigenvalue weighted by molar-refractivity contribution is 6.42. The summed E-state index contributed by atoms with van der Waals surface area (Å²) in [6, 6.07) is 20.7. The van der Waals surface area contributed by atoms with E-state index in [1.54, 1.807) is 43.5 Å². The number of amides is 2. The lowest BCUT2D eigenvalue weighted by Crippen LogP contribution is -2.45. The zero-order chi connectivity index (χ0) is 34.2. The third kappa shape index (κ3) is 8.11. The fourth-order valence-corrected chi connectivity index (χ4v) is 5.46. The van der Waals surface area contributed by atoms with Gasteiger partial charge in [-0.25, -0.2) is 9.59 Å². The molecule has 1 heterocycles. The number of fused-ring (bicyclic) bond motifs is 1. The minimum absolute atomic E-state index is 0.177. The molecule has 4 aromatic carbocycles. The summed E-state index contributed by atoms with van der Waals surface area (Å²) in [6.07, 6.45) is 0.392. The maximum atomic E-state index is 12.5. The van der Waals surface area contributed by atoms with Crippen LogP contribution in [0.2, 0.25) is 10.0 Å². The van der Waals surface area contributed by atoms with Gasteiger partial charge in [0.1, 0.15) is 19.0 Å². The Morgan fingerprint density at radius 3 is 2.56 bits per heavy atom. The summed E-state index contributed by atoms with van der Waals surface area (Å²) in [5.41, 5.74) is 5.48. The van der Waals surface area contributed by atoms with Crippen LogP contribution in [0.4, 0.5) is 4.79 Å². The average molecular weight is 694 g/mol. The normalized spacial score (nSPS) is 15.1. The summed E-state index contributed by atoms with van der Waals surface area (Å²) < 4.78 is 22.7. The SMILES string of the molecule is CCOc1cc([C@H]2NC(=O)NC(C)=C2C(=O)OC)ccc1OC[C@@H](O)N/N=C/c1c(OCc2ccc(Cl)c(Cl)c2)ccc2ccccc12. The van der Waals surface area contributed by atoms with Crippen LogP contribution in [-0.2, 0) is 16.1 Å². The second kappa shape index (κ2) is 15.7. The summed E-state index contributed by atoms with van der Waals surface area (Å²) in [5, 5.41) is 23.1. The van der Waals surface area contributed by atoms with Crippen molar-refractivity contribution in [3.63, 3.8) is 0 Å². The van der Waals surface area contributed by atoms with Gasteiger partial charge in [-0.05, 0) is 66.1 Å². The molecule has 1 aliphatic heterocycles. The van der Waals surface area contributed by atoms with Gasteiger partial charge in [-0.2, -0.15) is 5.10 Å². The van der Waals surface area contributed by atoms with Crippen LogP contribution in [0.5, 0.6) is 17.2 Å². The topological polar surface area (TPSA) is 140 Å². The van der Waals surface area contributed by atoms with Gasteiger partial charge in [-0.1, -0.05) is 65.7 Å². The molecule has 0 saturated heterocycles. The predicted octanol–water partition coefficient (Wildman–Crippen LogP) is 6.25. The number of rotatable bonds is 13. The number of nitrogens with zero attached hydrogens (tertiary/aromatic N) is 1. The van der Waals surface area contributed by atoms with Gasteiger partial charge in [0.25, 0.3) is 0 Å². The Labute approximate surface area is 287 Å². The van der Waals surface area contributed by atoms with E-state index in [0.29, 0.717) is 50.7 Å². The molecule has 0 aliphatic carbocycles. The second-order valence-corrected chi connectivity index (χ2v) is 11.5. The molecule has 0 saturated carbocycles. The number of allylic oxidation sites excluding steroid dienone is 1. The molecule has 0 unspecified atom stereocenters. The number of benzene rings is 4. The molecule has 2 atom stereocenters. The van der Waals surface area contributed by atoms with Crippen LogP contribution in [0.15, 0.2) is 89.2 Å². The van der Waals surface area contributed by atoms with Crippen molar-refractivity contribution in [2.24, 2.45) is 5.10 Å². The van der Waals surface area contributed by atoms with E-state index in [4.69, 9.17) is 42.1 Å². The molecule has 0 aromatic heterocycles. The summed E-state index contributed by atoms with van der Waals surface area (Å²) in [5.74, 6) is 0.715. The van der Waals surface area contributed by atoms with Crippen molar-refractivity contribution in [1.29, 1.82) is 0 Å². The Bertz CT molecular complexity index is 1880. The Morgan fingerprint density at radius 1 is 1.00 bits per heavy atom. The first-order chi connectivity index (χ1) is 23.2. The molecule has 0 radical (unpaired) electrons. The Morgan fingerprint density at radius 2 is 1.79 bits per heavy atom. The van der Waals surface area contributed by atoms with Crippen molar-refractivity contribution in [1.82, 2.24) is 16.1 Å². The van der Waals surface area contributed by atoms with Gasteiger partial charge in [0.2, 0.25) is 0 Å². The lowest BCUT2D eigenvalue weighted by molar-refractivity contribution is -0.136. The molecule has 13 heteroatoms. The number of carbonyl (C=O) groups is 2. The molecule has 48 heavy (non-hydrogen) atoms. The highest BCUT2D eigenvalue weighted by Gasteiger charge is 2.32. The highest BCUT2D eigenvalue weighted by atomic mass is 35.5. The van der Waals surface area contributed by atoms with Crippen molar-refractivity contribution >= 4 is 52.2 Å². The number of hydrazone groups is 1. The van der Waals surface area contributed by atoms with Crippen LogP contribution < -0.4 is 30.3 Å². The Balaban J connectivity index is 1.28. The van der Waals surface area contributed by atoms with E-state index in [0.717, 1.165) is 16.3 Å². The number of halogens is 2. The van der Waals surface area contributed by atoms with Gasteiger partial charge < -0.3 is 34.7 Å². The lowest BCUT2D eigenvalue weighted by atomic mass is 9.95. The monoisotopic (exact) mass is 692 g/mol. The van der Waals surface area contributed by atoms with E-state index >= 15 is 0 Å². The van der Waals surface area contributed by atoms with E-state index in [9.17, 15) is 14.7 Å². The Hall–Kier alpha value is -4.97. The zero-order valence-electron chi connectivity index (χ0n) is 26.4. The number of nitrogens with one attached hydrogen (secondary N) is 3. The maximum absolute atomic E-state index is 12.5. The number of urea groups is 1. The fourth-order valence-electron chi connectivity index (χ4n) is 5.14. The number of esters is 1. The van der Waals surface area contributed by atoms with Crippen LogP contribution in [0.25, 0.3) is 10.8 Å². The molecule has 2 amide bonds. The number of hydrogen-bond acceptors (Lipinski definition) is 9. The zero-order valence-corrected chi connectivity index (χ0v) is 27.9. The van der Waals surface area contributed by atoms with Crippen molar-refractivity contribution in [2.75, 3.05) is 20.3 Å². The molecule has 5 rings (SSSR count). The minimum atomic E-state index is -1.19. The first-order valence-corrected chi connectivity index (χ1v) is 15.7. The van der Waals surface area contributed by atoms with Crippen molar-refractivity contribution < 1.29 is 33.6 Å². The minimum Gasteiger partial charge on any atom is -0.490 e. The van der Waals surface area contributed by atoms with Gasteiger partial charge in [0.15, 0.2) is 17.7 Å². The first kappa shape index (κ1) is 34.4. The molecule has 0 fully saturated rings. The van der Waals surface area contributed by atoms with Crippen LogP contribution in [-0.4, -0.2) is 49.9 Å². The molecular weight excluding hydrogens is 659 g/mol. The number of ether oxygens (including phenoxy) is 4. The van der Waals surface area contributed by atoms with Crippen molar-refractivity contribution in [3.05, 3.63) is 111 Å². The standard InChI is InChI=1S/C35H34Cl2N4O7/c1-4-46-30-16-23(33-32(34(43)45-3)20(2)39-35(44)40-33)11-14-29(30)48-19-31(42)41-38-17-25-24-8-6-5-7-22(24)10-13-28(25)47-18-21-9-12-26(36)27(37)15-21/h5-17,31,33,41-42H,4,18-19H2,1-3H3,(H2,39,40,44)/b38-17+/t31-,33-/m1/s1. The average Bonchev–Trinajstić information content (AvgIpc) is 3.08. The van der Waals surface area contributed by atoms with E-state index in [-0.39, 0.29) is 18.8 Å². The summed E-state index contributed by atoms with van der Waals surface area (Å²) >= 11 is 12.2. The maximum Gasteiger partial charge on any atom is 0.337 e. The van der Waals surface area contributed by atoms with Gasteiger partial charge in [-0.15, -0.1) is 0 Å². The van der Waals surface area contributed by atoms with E-state index in [2.05, 4.69) is 21.2 Å². The second-order valence-electron chi connectivity index (χ2n) is 10.7. The van der Waals surface area contributed by atoms with Gasteiger partial charge in [0, 0.05) is 11.3 Å². The van der Waals surface area contributed by atoms with Crippen LogP contribution in [0, 0.1) is 0 Å². The number of hydrogen-bond donors (Lipinski definition) is 4. The number of methoxy groups -OCH3 is 1. The highest BCUT2D eigenvalue weighted by Crippen LogP contribution is 2.35. The Kier molecular flexibility index (Phi) is 11.3.